The lowest BCUT2D eigenvalue weighted by Gasteiger charge is -2.34. The molecule has 11 heteroatoms. The quantitative estimate of drug-likeness (QED) is 0.314. The van der Waals surface area contributed by atoms with Crippen LogP contribution in [0.25, 0.3) is 16.9 Å². The molecule has 0 amide bonds. The van der Waals surface area contributed by atoms with Gasteiger partial charge in [-0.1, -0.05) is 17.7 Å². The summed E-state index contributed by atoms with van der Waals surface area (Å²) in [5.74, 6) is 1.47. The number of halogens is 1. The second kappa shape index (κ2) is 9.20. The lowest BCUT2D eigenvalue weighted by atomic mass is 9.88. The third-order valence-corrected chi connectivity index (χ3v) is 7.38. The third kappa shape index (κ3) is 4.21. The molecule has 4 aromatic heterocycles. The predicted molar refractivity (Wildman–Crippen MR) is 141 cm³/mol. The lowest BCUT2D eigenvalue weighted by Crippen LogP contribution is -2.39. The van der Waals surface area contributed by atoms with Gasteiger partial charge in [0.2, 0.25) is 5.95 Å². The number of nitrogens with one attached hydrogen (secondary N) is 1. The number of aliphatic hydroxyl groups is 1. The molecule has 0 unspecified atom stereocenters. The summed E-state index contributed by atoms with van der Waals surface area (Å²) < 4.78 is 9.35. The van der Waals surface area contributed by atoms with Gasteiger partial charge < -0.3 is 30.0 Å². The van der Waals surface area contributed by atoms with E-state index in [2.05, 4.69) is 20.3 Å². The van der Waals surface area contributed by atoms with E-state index >= 15 is 0 Å². The first-order chi connectivity index (χ1) is 17.9. The number of ether oxygens (including phenoxy) is 1. The minimum Gasteiger partial charge on any atom is -0.450 e. The molecule has 190 valence electrons. The van der Waals surface area contributed by atoms with Gasteiger partial charge in [-0.3, -0.25) is 9.78 Å². The molecule has 2 saturated carbocycles. The van der Waals surface area contributed by atoms with Gasteiger partial charge in [-0.05, 0) is 55.4 Å². The Morgan fingerprint density at radius 2 is 2.11 bits per heavy atom. The van der Waals surface area contributed by atoms with Gasteiger partial charge in [0, 0.05) is 25.6 Å². The number of pyridine rings is 3. The number of hydrogen-bond acceptors (Lipinski definition) is 8. The van der Waals surface area contributed by atoms with E-state index in [-0.39, 0.29) is 11.6 Å². The van der Waals surface area contributed by atoms with Crippen LogP contribution in [0.2, 0.25) is 5.02 Å². The maximum atomic E-state index is 13.4. The Hall–Kier alpha value is -3.89. The van der Waals surface area contributed by atoms with Crippen molar-refractivity contribution in [3.63, 3.8) is 0 Å². The summed E-state index contributed by atoms with van der Waals surface area (Å²) in [6, 6.07) is 7.08. The molecule has 0 aliphatic heterocycles. The molecule has 4 heterocycles. The van der Waals surface area contributed by atoms with Gasteiger partial charge in [0.15, 0.2) is 17.2 Å². The van der Waals surface area contributed by atoms with Gasteiger partial charge in [0.05, 0.1) is 18.3 Å². The van der Waals surface area contributed by atoms with Crippen LogP contribution in [-0.2, 0) is 7.05 Å². The SMILES string of the molecule is Cn1c(Nc2cc(C3CC3)cn([C@@H]3CC[C@H]3O)c2=O)nc2ncc(O/C(=C/N)c3ccccn3)c(Cl)c21. The van der Waals surface area contributed by atoms with Gasteiger partial charge in [-0.2, -0.15) is 4.98 Å². The maximum absolute atomic E-state index is 13.4. The average molecular weight is 520 g/mol. The molecule has 2 fully saturated rings. The van der Waals surface area contributed by atoms with E-state index in [9.17, 15) is 9.90 Å². The molecule has 0 radical (unpaired) electrons. The van der Waals surface area contributed by atoms with Gasteiger partial charge >= 0.3 is 0 Å². The number of anilines is 2. The number of nitrogens with two attached hydrogens (primary N) is 1. The molecule has 0 bridgehead atoms. The highest BCUT2D eigenvalue weighted by molar-refractivity contribution is 6.36. The van der Waals surface area contributed by atoms with Gasteiger partial charge in [-0.15, -0.1) is 0 Å². The van der Waals surface area contributed by atoms with Crippen molar-refractivity contribution in [2.24, 2.45) is 12.8 Å². The number of aromatic nitrogens is 5. The number of imidazole rings is 1. The Labute approximate surface area is 217 Å². The Kier molecular flexibility index (Phi) is 5.85. The largest absolute Gasteiger partial charge is 0.450 e. The van der Waals surface area contributed by atoms with E-state index in [1.165, 1.54) is 12.4 Å². The summed E-state index contributed by atoms with van der Waals surface area (Å²) >= 11 is 6.73. The van der Waals surface area contributed by atoms with E-state index in [1.54, 1.807) is 34.5 Å². The number of rotatable bonds is 7. The van der Waals surface area contributed by atoms with Crippen LogP contribution >= 0.6 is 11.6 Å². The minimum atomic E-state index is -0.504. The fourth-order valence-electron chi connectivity index (χ4n) is 4.60. The van der Waals surface area contributed by atoms with E-state index < -0.39 is 6.10 Å². The minimum absolute atomic E-state index is 0.198. The van der Waals surface area contributed by atoms with Gasteiger partial charge in [0.25, 0.3) is 5.56 Å². The summed E-state index contributed by atoms with van der Waals surface area (Å²) in [6.45, 7) is 0. The molecule has 4 aromatic rings. The zero-order valence-electron chi connectivity index (χ0n) is 20.1. The molecule has 10 nitrogen and oxygen atoms in total. The van der Waals surface area contributed by atoms with Crippen LogP contribution in [0.4, 0.5) is 11.6 Å². The summed E-state index contributed by atoms with van der Waals surface area (Å²) in [5.41, 5.74) is 8.55. The molecule has 2 atom stereocenters. The third-order valence-electron chi connectivity index (χ3n) is 7.01. The van der Waals surface area contributed by atoms with Crippen molar-refractivity contribution >= 4 is 40.2 Å². The zero-order valence-corrected chi connectivity index (χ0v) is 20.9. The van der Waals surface area contributed by atoms with Crippen LogP contribution in [0, 0.1) is 0 Å². The molecule has 0 saturated heterocycles. The fraction of sp³-hybridized carbons (Fsp3) is 0.308. The van der Waals surface area contributed by atoms with Crippen molar-refractivity contribution in [2.45, 2.75) is 43.7 Å². The number of fused-ring (bicyclic) bond motifs is 1. The lowest BCUT2D eigenvalue weighted by molar-refractivity contribution is 0.0299. The Morgan fingerprint density at radius 3 is 2.76 bits per heavy atom. The molecule has 37 heavy (non-hydrogen) atoms. The van der Waals surface area contributed by atoms with Crippen LogP contribution in [0.15, 0.2) is 53.9 Å². The van der Waals surface area contributed by atoms with Crippen LogP contribution in [0.1, 0.15) is 48.9 Å². The van der Waals surface area contributed by atoms with Crippen molar-refractivity contribution in [1.82, 2.24) is 24.1 Å². The first-order valence-electron chi connectivity index (χ1n) is 12.2. The number of aliphatic hydroxyl groups excluding tert-OH is 1. The number of hydrogen-bond donors (Lipinski definition) is 3. The Balaban J connectivity index is 1.35. The summed E-state index contributed by atoms with van der Waals surface area (Å²) in [6.07, 6.45) is 9.50. The van der Waals surface area contributed by atoms with Crippen LogP contribution in [0.5, 0.6) is 5.75 Å². The van der Waals surface area contributed by atoms with Crippen molar-refractivity contribution < 1.29 is 9.84 Å². The highest BCUT2D eigenvalue weighted by atomic mass is 35.5. The molecular formula is C26H26ClN7O3. The summed E-state index contributed by atoms with van der Waals surface area (Å²) in [5, 5.41) is 13.7. The Morgan fingerprint density at radius 1 is 1.27 bits per heavy atom. The highest BCUT2D eigenvalue weighted by Gasteiger charge is 2.33. The monoisotopic (exact) mass is 519 g/mol. The van der Waals surface area contributed by atoms with Crippen LogP contribution in [-0.4, -0.2) is 35.3 Å². The van der Waals surface area contributed by atoms with E-state index in [0.717, 1.165) is 24.8 Å². The molecule has 4 N–H and O–H groups in total. The predicted octanol–water partition coefficient (Wildman–Crippen LogP) is 3.83. The molecule has 0 spiro atoms. The summed E-state index contributed by atoms with van der Waals surface area (Å²) in [7, 11) is 1.78. The van der Waals surface area contributed by atoms with E-state index in [1.807, 2.05) is 18.3 Å². The van der Waals surface area contributed by atoms with Crippen molar-refractivity contribution in [3.8, 4) is 5.75 Å². The first-order valence-corrected chi connectivity index (χ1v) is 12.6. The fourth-order valence-corrected chi connectivity index (χ4v) is 4.90. The number of nitrogens with zero attached hydrogens (tertiary/aromatic N) is 5. The van der Waals surface area contributed by atoms with Crippen molar-refractivity contribution in [3.05, 3.63) is 75.7 Å². The van der Waals surface area contributed by atoms with Crippen LogP contribution < -0.4 is 21.3 Å². The Bertz CT molecular complexity index is 1580. The molecule has 0 aromatic carbocycles. The first kappa shape index (κ1) is 23.5. The second-order valence-electron chi connectivity index (χ2n) is 9.46. The zero-order chi connectivity index (χ0) is 25.7. The van der Waals surface area contributed by atoms with Gasteiger partial charge in [-0.25, -0.2) is 4.98 Å². The smallest absolute Gasteiger partial charge is 0.274 e. The average Bonchev–Trinajstić information content (AvgIpc) is 3.70. The van der Waals surface area contributed by atoms with E-state index in [0.29, 0.717) is 57.4 Å². The second-order valence-corrected chi connectivity index (χ2v) is 9.84. The van der Waals surface area contributed by atoms with E-state index in [4.69, 9.17) is 22.1 Å². The normalized spacial score (nSPS) is 19.6. The molecular weight excluding hydrogens is 494 g/mol. The molecule has 6 rings (SSSR count). The van der Waals surface area contributed by atoms with Crippen molar-refractivity contribution in [2.75, 3.05) is 5.32 Å². The van der Waals surface area contributed by atoms with Crippen LogP contribution in [0.3, 0.4) is 0 Å². The standard InChI is InChI=1S/C26H26ClN7O3/c1-33-23-22(27)21(37-20(11-28)16-4-2-3-9-29-16)12-30-24(23)32-26(33)31-17-10-15(14-5-6-14)13-34(25(17)36)18-7-8-19(18)35/h2-4,9-14,18-19,35H,5-8,28H2,1H3,(H,30,31,32)/b20-11+/t18-,19-/m1/s1. The van der Waals surface area contributed by atoms with Gasteiger partial charge in [0.1, 0.15) is 21.9 Å². The molecule has 2 aliphatic rings. The maximum Gasteiger partial charge on any atom is 0.274 e. The highest BCUT2D eigenvalue weighted by Crippen LogP contribution is 2.42. The summed E-state index contributed by atoms with van der Waals surface area (Å²) in [4.78, 5) is 26.6. The van der Waals surface area contributed by atoms with Crippen molar-refractivity contribution in [1.29, 1.82) is 0 Å². The number of aryl methyl sites for hydroxylation is 1. The molecule has 2 aliphatic carbocycles. The topological polar surface area (TPSA) is 133 Å².